The van der Waals surface area contributed by atoms with Crippen molar-refractivity contribution in [3.63, 3.8) is 0 Å². The van der Waals surface area contributed by atoms with Crippen LogP contribution < -0.4 is 5.32 Å². The van der Waals surface area contributed by atoms with Gasteiger partial charge in [0.1, 0.15) is 6.61 Å². The van der Waals surface area contributed by atoms with E-state index in [0.717, 1.165) is 32.2 Å². The van der Waals surface area contributed by atoms with Gasteiger partial charge in [-0.15, -0.1) is 0 Å². The van der Waals surface area contributed by atoms with Crippen molar-refractivity contribution in [2.24, 2.45) is 5.41 Å². The van der Waals surface area contributed by atoms with E-state index in [9.17, 15) is 13.2 Å². The minimum atomic E-state index is -4.21. The molecule has 96 valence electrons. The third kappa shape index (κ3) is 4.70. The lowest BCUT2D eigenvalue weighted by molar-refractivity contribution is -0.182. The van der Waals surface area contributed by atoms with Crippen LogP contribution in [0.15, 0.2) is 0 Å². The molecule has 1 saturated carbocycles. The second kappa shape index (κ2) is 5.87. The van der Waals surface area contributed by atoms with Gasteiger partial charge in [-0.1, -0.05) is 19.3 Å². The Kier molecular flexibility index (Phi) is 5.05. The molecule has 2 nitrogen and oxygen atoms in total. The monoisotopic (exact) mass is 239 g/mol. The maximum Gasteiger partial charge on any atom is 0.411 e. The van der Waals surface area contributed by atoms with Gasteiger partial charge in [0.2, 0.25) is 0 Å². The summed E-state index contributed by atoms with van der Waals surface area (Å²) in [5, 5.41) is 3.06. The van der Waals surface area contributed by atoms with E-state index >= 15 is 0 Å². The number of nitrogens with one attached hydrogen (secondary N) is 1. The topological polar surface area (TPSA) is 21.3 Å². The second-order valence-electron chi connectivity index (χ2n) is 4.70. The maximum atomic E-state index is 12.0. The maximum absolute atomic E-state index is 12.0. The van der Waals surface area contributed by atoms with Crippen molar-refractivity contribution in [1.29, 1.82) is 0 Å². The molecule has 0 saturated heterocycles. The van der Waals surface area contributed by atoms with Gasteiger partial charge in [0, 0.05) is 12.0 Å². The van der Waals surface area contributed by atoms with Crippen LogP contribution in [-0.2, 0) is 4.74 Å². The standard InChI is InChI=1S/C11H20F3NO/c1-15-7-10(5-3-2-4-6-10)8-16-9-11(12,13)14/h15H,2-9H2,1H3. The fourth-order valence-corrected chi connectivity index (χ4v) is 2.43. The van der Waals surface area contributed by atoms with Crippen molar-refractivity contribution in [2.45, 2.75) is 38.3 Å². The predicted molar refractivity (Wildman–Crippen MR) is 56.3 cm³/mol. The van der Waals surface area contributed by atoms with Gasteiger partial charge in [0.05, 0.1) is 6.61 Å². The third-order valence-electron chi connectivity index (χ3n) is 3.14. The molecule has 1 aliphatic carbocycles. The van der Waals surface area contributed by atoms with Crippen LogP contribution in [-0.4, -0.2) is 33.0 Å². The summed E-state index contributed by atoms with van der Waals surface area (Å²) in [5.41, 5.74) is -0.0851. The van der Waals surface area contributed by atoms with Crippen molar-refractivity contribution >= 4 is 0 Å². The minimum absolute atomic E-state index is 0.0851. The van der Waals surface area contributed by atoms with E-state index in [0.29, 0.717) is 0 Å². The summed E-state index contributed by atoms with van der Waals surface area (Å²) in [6, 6.07) is 0. The highest BCUT2D eigenvalue weighted by Gasteiger charge is 2.34. The fraction of sp³-hybridized carbons (Fsp3) is 1.00. The van der Waals surface area contributed by atoms with Crippen molar-refractivity contribution < 1.29 is 17.9 Å². The van der Waals surface area contributed by atoms with Crippen LogP contribution in [0.4, 0.5) is 13.2 Å². The van der Waals surface area contributed by atoms with Gasteiger partial charge in [-0.05, 0) is 19.9 Å². The Morgan fingerprint density at radius 1 is 1.19 bits per heavy atom. The van der Waals surface area contributed by atoms with Gasteiger partial charge in [-0.2, -0.15) is 13.2 Å². The molecular formula is C11H20F3NO. The normalized spacial score (nSPS) is 21.0. The highest BCUT2D eigenvalue weighted by Crippen LogP contribution is 2.36. The SMILES string of the molecule is CNCC1(COCC(F)(F)F)CCCCC1. The molecule has 16 heavy (non-hydrogen) atoms. The molecule has 1 aliphatic rings. The quantitative estimate of drug-likeness (QED) is 0.796. The average Bonchev–Trinajstić information content (AvgIpc) is 2.17. The molecule has 0 radical (unpaired) electrons. The Hall–Kier alpha value is -0.290. The van der Waals surface area contributed by atoms with Crippen LogP contribution in [0.1, 0.15) is 32.1 Å². The zero-order valence-corrected chi connectivity index (χ0v) is 9.70. The molecule has 0 unspecified atom stereocenters. The smallest absolute Gasteiger partial charge is 0.371 e. The lowest BCUT2D eigenvalue weighted by atomic mass is 9.74. The molecule has 0 aromatic rings. The van der Waals surface area contributed by atoms with Crippen LogP contribution >= 0.6 is 0 Å². The van der Waals surface area contributed by atoms with E-state index in [4.69, 9.17) is 4.74 Å². The molecule has 1 N–H and O–H groups in total. The van der Waals surface area contributed by atoms with Crippen molar-refractivity contribution in [3.8, 4) is 0 Å². The number of alkyl halides is 3. The molecule has 0 aliphatic heterocycles. The van der Waals surface area contributed by atoms with Gasteiger partial charge in [-0.25, -0.2) is 0 Å². The van der Waals surface area contributed by atoms with E-state index in [-0.39, 0.29) is 12.0 Å². The molecule has 0 aromatic heterocycles. The summed E-state index contributed by atoms with van der Waals surface area (Å²) in [4.78, 5) is 0. The average molecular weight is 239 g/mol. The second-order valence-corrected chi connectivity index (χ2v) is 4.70. The van der Waals surface area contributed by atoms with Gasteiger partial charge < -0.3 is 10.1 Å². The Labute approximate surface area is 94.5 Å². The summed E-state index contributed by atoms with van der Waals surface area (Å²) in [6.07, 6.45) is 1.09. The molecule has 0 heterocycles. The first-order valence-corrected chi connectivity index (χ1v) is 5.77. The van der Waals surface area contributed by atoms with E-state index in [2.05, 4.69) is 5.32 Å². The Balaban J connectivity index is 2.38. The van der Waals surface area contributed by atoms with Gasteiger partial charge in [0.15, 0.2) is 0 Å². The third-order valence-corrected chi connectivity index (χ3v) is 3.14. The summed E-state index contributed by atoms with van der Waals surface area (Å²) >= 11 is 0. The number of hydrogen-bond donors (Lipinski definition) is 1. The minimum Gasteiger partial charge on any atom is -0.371 e. The van der Waals surface area contributed by atoms with Crippen molar-refractivity contribution in [3.05, 3.63) is 0 Å². The zero-order valence-electron chi connectivity index (χ0n) is 9.70. The number of ether oxygens (including phenoxy) is 1. The first kappa shape index (κ1) is 13.8. The Bertz CT molecular complexity index is 194. The van der Waals surface area contributed by atoms with Crippen LogP contribution in [0.2, 0.25) is 0 Å². The van der Waals surface area contributed by atoms with Gasteiger partial charge in [-0.3, -0.25) is 0 Å². The summed E-state index contributed by atoms with van der Waals surface area (Å²) in [5.74, 6) is 0. The number of halogens is 3. The molecule has 0 spiro atoms. The first-order valence-electron chi connectivity index (χ1n) is 5.77. The largest absolute Gasteiger partial charge is 0.411 e. The summed E-state index contributed by atoms with van der Waals surface area (Å²) < 4.78 is 40.8. The lowest BCUT2D eigenvalue weighted by Gasteiger charge is -2.37. The molecule has 0 amide bonds. The number of hydrogen-bond acceptors (Lipinski definition) is 2. The predicted octanol–water partition coefficient (Wildman–Crippen LogP) is 2.74. The lowest BCUT2D eigenvalue weighted by Crippen LogP contribution is -2.39. The molecule has 5 heteroatoms. The summed E-state index contributed by atoms with van der Waals surface area (Å²) in [6.45, 7) is -0.170. The van der Waals surface area contributed by atoms with Crippen molar-refractivity contribution in [1.82, 2.24) is 5.32 Å². The van der Waals surface area contributed by atoms with E-state index < -0.39 is 12.8 Å². The van der Waals surface area contributed by atoms with E-state index in [1.54, 1.807) is 0 Å². The number of rotatable bonds is 5. The van der Waals surface area contributed by atoms with Crippen molar-refractivity contribution in [2.75, 3.05) is 26.8 Å². The molecule has 0 atom stereocenters. The van der Waals surface area contributed by atoms with Gasteiger partial charge in [0.25, 0.3) is 0 Å². The van der Waals surface area contributed by atoms with E-state index in [1.165, 1.54) is 6.42 Å². The molecular weight excluding hydrogens is 219 g/mol. The Morgan fingerprint density at radius 3 is 2.31 bits per heavy atom. The van der Waals surface area contributed by atoms with Crippen LogP contribution in [0, 0.1) is 5.41 Å². The molecule has 0 bridgehead atoms. The van der Waals surface area contributed by atoms with Gasteiger partial charge >= 0.3 is 6.18 Å². The van der Waals surface area contributed by atoms with E-state index in [1.807, 2.05) is 7.05 Å². The van der Waals surface area contributed by atoms with Crippen LogP contribution in [0.5, 0.6) is 0 Å². The Morgan fingerprint density at radius 2 is 1.81 bits per heavy atom. The molecule has 1 fully saturated rings. The molecule has 0 aromatic carbocycles. The first-order chi connectivity index (χ1) is 7.47. The fourth-order valence-electron chi connectivity index (χ4n) is 2.43. The van der Waals surface area contributed by atoms with Crippen LogP contribution in [0.25, 0.3) is 0 Å². The highest BCUT2D eigenvalue weighted by atomic mass is 19.4. The van der Waals surface area contributed by atoms with Crippen LogP contribution in [0.3, 0.4) is 0 Å². The molecule has 1 rings (SSSR count). The summed E-state index contributed by atoms with van der Waals surface area (Å²) in [7, 11) is 1.83. The highest BCUT2D eigenvalue weighted by molar-refractivity contribution is 4.84. The zero-order chi connectivity index (χ0) is 12.1.